The number of hydrogen-bond donors (Lipinski definition) is 1. The summed E-state index contributed by atoms with van der Waals surface area (Å²) in [4.78, 5) is 5.49. The van der Waals surface area contributed by atoms with Crippen LogP contribution in [-0.2, 0) is 5.75 Å². The summed E-state index contributed by atoms with van der Waals surface area (Å²) in [6.45, 7) is 5.72. The van der Waals surface area contributed by atoms with Crippen LogP contribution >= 0.6 is 11.8 Å². The Kier molecular flexibility index (Phi) is 4.76. The second-order valence-electron chi connectivity index (χ2n) is 4.28. The molecule has 0 saturated carbocycles. The number of nitrogens with zero attached hydrogens (tertiary/aromatic N) is 2. The summed E-state index contributed by atoms with van der Waals surface area (Å²) in [5, 5.41) is 3.94. The molecule has 2 rings (SSSR count). The highest BCUT2D eigenvalue weighted by Gasteiger charge is 2.13. The zero-order valence-electron chi connectivity index (χ0n) is 10.9. The van der Waals surface area contributed by atoms with Crippen molar-refractivity contribution in [2.24, 2.45) is 5.73 Å². The fourth-order valence-electron chi connectivity index (χ4n) is 1.61. The molecule has 1 aromatic carbocycles. The molecular formula is C14H17N3OS. The molecule has 1 aromatic heterocycles. The Morgan fingerprint density at radius 1 is 1.53 bits per heavy atom. The lowest BCUT2D eigenvalue weighted by molar-refractivity contribution is 0.352. The van der Waals surface area contributed by atoms with Crippen molar-refractivity contribution in [1.29, 1.82) is 0 Å². The van der Waals surface area contributed by atoms with Gasteiger partial charge >= 0.3 is 0 Å². The minimum atomic E-state index is -0.261. The maximum absolute atomic E-state index is 5.87. The molecule has 1 atom stereocenters. The van der Waals surface area contributed by atoms with Crippen molar-refractivity contribution in [1.82, 2.24) is 10.1 Å². The van der Waals surface area contributed by atoms with Crippen LogP contribution in [0, 0.1) is 6.92 Å². The summed E-state index contributed by atoms with van der Waals surface area (Å²) in [5.41, 5.74) is 7.11. The number of aromatic nitrogens is 2. The quantitative estimate of drug-likeness (QED) is 0.647. The van der Waals surface area contributed by atoms with Gasteiger partial charge in [0.05, 0.1) is 11.8 Å². The monoisotopic (exact) mass is 275 g/mol. The van der Waals surface area contributed by atoms with Gasteiger partial charge in [-0.2, -0.15) is 4.98 Å². The van der Waals surface area contributed by atoms with Gasteiger partial charge in [0.25, 0.3) is 0 Å². The third-order valence-corrected chi connectivity index (χ3v) is 3.57. The van der Waals surface area contributed by atoms with Crippen molar-refractivity contribution in [3.05, 3.63) is 54.2 Å². The van der Waals surface area contributed by atoms with E-state index in [4.69, 9.17) is 10.3 Å². The average molecular weight is 275 g/mol. The Bertz CT molecular complexity index is 553. The summed E-state index contributed by atoms with van der Waals surface area (Å²) in [5.74, 6) is 1.81. The van der Waals surface area contributed by atoms with Crippen LogP contribution in [0.3, 0.4) is 0 Å². The highest BCUT2D eigenvalue weighted by molar-refractivity contribution is 7.98. The van der Waals surface area contributed by atoms with Gasteiger partial charge < -0.3 is 10.3 Å². The van der Waals surface area contributed by atoms with Crippen molar-refractivity contribution in [2.75, 3.05) is 0 Å². The van der Waals surface area contributed by atoms with E-state index in [1.54, 1.807) is 17.8 Å². The maximum atomic E-state index is 5.87. The summed E-state index contributed by atoms with van der Waals surface area (Å²) >= 11 is 1.68. The van der Waals surface area contributed by atoms with Crippen LogP contribution in [0.5, 0.6) is 0 Å². The molecule has 4 nitrogen and oxygen atoms in total. The second kappa shape index (κ2) is 6.54. The summed E-state index contributed by atoms with van der Waals surface area (Å²) in [6.07, 6.45) is 2.38. The Morgan fingerprint density at radius 3 is 3.11 bits per heavy atom. The number of aryl methyl sites for hydroxylation is 1. The molecule has 0 bridgehead atoms. The second-order valence-corrected chi connectivity index (χ2v) is 5.33. The number of thioether (sulfide) groups is 1. The molecule has 5 heteroatoms. The van der Waals surface area contributed by atoms with E-state index in [0.29, 0.717) is 23.9 Å². The highest BCUT2D eigenvalue weighted by Crippen LogP contribution is 2.23. The minimum Gasteiger partial charge on any atom is -0.338 e. The van der Waals surface area contributed by atoms with Gasteiger partial charge in [0.1, 0.15) is 0 Å². The molecule has 0 aliphatic rings. The van der Waals surface area contributed by atoms with E-state index in [0.717, 1.165) is 0 Å². The molecule has 19 heavy (non-hydrogen) atoms. The number of rotatable bonds is 6. The zero-order chi connectivity index (χ0) is 13.7. The van der Waals surface area contributed by atoms with Crippen LogP contribution in [0.25, 0.3) is 0 Å². The van der Waals surface area contributed by atoms with Gasteiger partial charge in [-0.1, -0.05) is 28.9 Å². The Labute approximate surface area is 117 Å². The molecule has 0 fully saturated rings. The van der Waals surface area contributed by atoms with Gasteiger partial charge in [-0.15, -0.1) is 18.3 Å². The van der Waals surface area contributed by atoms with Gasteiger partial charge in [-0.25, -0.2) is 0 Å². The van der Waals surface area contributed by atoms with Crippen LogP contribution in [0.4, 0.5) is 0 Å². The molecule has 100 valence electrons. The molecule has 0 spiro atoms. The van der Waals surface area contributed by atoms with E-state index in [1.807, 2.05) is 6.07 Å². The third kappa shape index (κ3) is 3.94. The van der Waals surface area contributed by atoms with Gasteiger partial charge in [0.2, 0.25) is 5.89 Å². The lowest BCUT2D eigenvalue weighted by Gasteiger charge is -2.00. The number of nitrogens with two attached hydrogens (primary N) is 1. The van der Waals surface area contributed by atoms with Crippen LogP contribution in [0.1, 0.15) is 29.7 Å². The van der Waals surface area contributed by atoms with E-state index in [-0.39, 0.29) is 6.04 Å². The molecule has 0 aliphatic heterocycles. The third-order valence-electron chi connectivity index (χ3n) is 2.58. The molecule has 2 N–H and O–H groups in total. The highest BCUT2D eigenvalue weighted by atomic mass is 32.2. The molecule has 0 radical (unpaired) electrons. The van der Waals surface area contributed by atoms with Gasteiger partial charge in [0.15, 0.2) is 5.82 Å². The molecule has 1 unspecified atom stereocenters. The van der Waals surface area contributed by atoms with Crippen LogP contribution in [0.2, 0.25) is 0 Å². The minimum absolute atomic E-state index is 0.261. The van der Waals surface area contributed by atoms with E-state index in [1.165, 1.54) is 10.5 Å². The average Bonchev–Trinajstić information content (AvgIpc) is 2.86. The molecule has 0 aliphatic carbocycles. The van der Waals surface area contributed by atoms with Crippen LogP contribution in [-0.4, -0.2) is 10.1 Å². The first-order valence-corrected chi connectivity index (χ1v) is 7.06. The fraction of sp³-hybridized carbons (Fsp3) is 0.286. The van der Waals surface area contributed by atoms with Crippen LogP contribution < -0.4 is 5.73 Å². The summed E-state index contributed by atoms with van der Waals surface area (Å²) in [6, 6.07) is 8.06. The zero-order valence-corrected chi connectivity index (χ0v) is 11.7. The summed E-state index contributed by atoms with van der Waals surface area (Å²) < 4.78 is 5.14. The Morgan fingerprint density at radius 2 is 2.37 bits per heavy atom. The molecule has 0 amide bonds. The first-order valence-electron chi connectivity index (χ1n) is 6.07. The number of hydrogen-bond acceptors (Lipinski definition) is 5. The van der Waals surface area contributed by atoms with E-state index in [9.17, 15) is 0 Å². The lowest BCUT2D eigenvalue weighted by atomic mass is 10.2. The maximum Gasteiger partial charge on any atom is 0.243 e. The van der Waals surface area contributed by atoms with Crippen molar-refractivity contribution in [2.45, 2.75) is 30.0 Å². The van der Waals surface area contributed by atoms with Gasteiger partial charge in [-0.3, -0.25) is 0 Å². The van der Waals surface area contributed by atoms with E-state index >= 15 is 0 Å². The standard InChI is InChI=1S/C14H17N3OS/c1-3-5-12(15)14-16-13(17-18-14)9-19-11-7-4-6-10(2)8-11/h3-4,6-8,12H,1,5,9,15H2,2H3. The predicted molar refractivity (Wildman–Crippen MR) is 76.8 cm³/mol. The van der Waals surface area contributed by atoms with Gasteiger partial charge in [-0.05, 0) is 25.5 Å². The molecule has 2 aromatic rings. The topological polar surface area (TPSA) is 64.9 Å². The SMILES string of the molecule is C=CCC(N)c1nc(CSc2cccc(C)c2)no1. The van der Waals surface area contributed by atoms with Gasteiger partial charge in [0, 0.05) is 4.90 Å². The largest absolute Gasteiger partial charge is 0.338 e. The Balaban J connectivity index is 1.95. The van der Waals surface area contributed by atoms with Crippen molar-refractivity contribution in [3.8, 4) is 0 Å². The first kappa shape index (κ1) is 13.8. The van der Waals surface area contributed by atoms with Crippen molar-refractivity contribution >= 4 is 11.8 Å². The van der Waals surface area contributed by atoms with E-state index in [2.05, 4.69) is 41.8 Å². The molecule has 1 heterocycles. The summed E-state index contributed by atoms with van der Waals surface area (Å²) in [7, 11) is 0. The Hall–Kier alpha value is -1.59. The van der Waals surface area contributed by atoms with E-state index < -0.39 is 0 Å². The number of benzene rings is 1. The first-order chi connectivity index (χ1) is 9.19. The molecule has 0 saturated heterocycles. The lowest BCUT2D eigenvalue weighted by Crippen LogP contribution is -2.09. The molecular weight excluding hydrogens is 258 g/mol. The smallest absolute Gasteiger partial charge is 0.243 e. The fourth-order valence-corrected chi connectivity index (χ4v) is 2.47. The predicted octanol–water partition coefficient (Wildman–Crippen LogP) is 3.25. The van der Waals surface area contributed by atoms with Crippen molar-refractivity contribution < 1.29 is 4.52 Å². The van der Waals surface area contributed by atoms with Crippen molar-refractivity contribution in [3.63, 3.8) is 0 Å². The normalized spacial score (nSPS) is 12.3. The van der Waals surface area contributed by atoms with Crippen LogP contribution in [0.15, 0.2) is 46.3 Å².